The molecular weight excluding hydrogens is 251 g/mol. The van der Waals surface area contributed by atoms with Crippen LogP contribution in [-0.2, 0) is 14.1 Å². The number of hydrogen-bond acceptors (Lipinski definition) is 3. The van der Waals surface area contributed by atoms with Gasteiger partial charge in [-0.3, -0.25) is 4.57 Å². The highest BCUT2D eigenvalue weighted by Crippen LogP contribution is 2.62. The van der Waals surface area contributed by atoms with Gasteiger partial charge in [0.25, 0.3) is 0 Å². The maximum Gasteiger partial charge on any atom is 0.355 e. The Hall–Kier alpha value is 1.11. The zero-order chi connectivity index (χ0) is 5.91. The third-order valence-corrected chi connectivity index (χ3v) is 1.19. The third-order valence-electron chi connectivity index (χ3n) is 0.161. The molecule has 44 valence electrons. The highest BCUT2D eigenvalue weighted by Gasteiger charge is 2.11. The van der Waals surface area contributed by atoms with Gasteiger partial charge < -0.3 is 0 Å². The van der Waals surface area contributed by atoms with Crippen molar-refractivity contribution >= 4 is 35.8 Å². The van der Waals surface area contributed by atoms with Gasteiger partial charge in [0.15, 0.2) is 0 Å². The number of halogens is 2. The summed E-state index contributed by atoms with van der Waals surface area (Å²) in [6, 6.07) is 0. The van der Waals surface area contributed by atoms with E-state index in [0.717, 1.165) is 0 Å². The van der Waals surface area contributed by atoms with Crippen LogP contribution in [0.3, 0.4) is 0 Å². The van der Waals surface area contributed by atoms with Crippen molar-refractivity contribution in [1.29, 1.82) is 0 Å². The highest BCUT2D eigenvalue weighted by molar-refractivity contribution is 9.70. The zero-order valence-electron chi connectivity index (χ0n) is 3.43. The Kier molecular flexibility index (Phi) is 3.71. The summed E-state index contributed by atoms with van der Waals surface area (Å²) >= 11 is 5.33. The molecule has 0 aliphatic heterocycles. The maximum atomic E-state index is 10.3. The molecule has 7 heavy (non-hydrogen) atoms. The lowest BCUT2D eigenvalue weighted by Crippen LogP contribution is -1.73. The molecule has 0 saturated heterocycles. The van der Waals surface area contributed by atoms with E-state index in [9.17, 15) is 4.57 Å². The summed E-state index contributed by atoms with van der Waals surface area (Å²) in [4.78, 5) is 4.05. The van der Waals surface area contributed by atoms with Crippen LogP contribution in [0.25, 0.3) is 0 Å². The van der Waals surface area contributed by atoms with Crippen LogP contribution in [0.5, 0.6) is 0 Å². The molecule has 0 heterocycles. The van der Waals surface area contributed by atoms with Crippen LogP contribution in [0.1, 0.15) is 0 Å². The lowest BCUT2D eigenvalue weighted by molar-refractivity contribution is -0.169. The Morgan fingerprint density at radius 1 is 1.57 bits per heavy atom. The Labute approximate surface area is 57.2 Å². The summed E-state index contributed by atoms with van der Waals surface area (Å²) in [5, 5.41) is 0. The van der Waals surface area contributed by atoms with E-state index in [1.54, 1.807) is 0 Å². The molecule has 0 amide bonds. The minimum Gasteiger partial charge on any atom is -0.265 e. The van der Waals surface area contributed by atoms with Crippen LogP contribution in [-0.4, -0.2) is 7.11 Å². The molecule has 0 spiro atoms. The SMILES string of the molecule is COOP(=O)(Br)Br. The molecule has 6 heteroatoms. The van der Waals surface area contributed by atoms with E-state index in [-0.39, 0.29) is 0 Å². The monoisotopic (exact) mass is 252 g/mol. The molecule has 0 N–H and O–H groups in total. The normalized spacial score (nSPS) is 11.9. The van der Waals surface area contributed by atoms with Crippen LogP contribution in [0, 0.1) is 0 Å². The van der Waals surface area contributed by atoms with Crippen LogP contribution in [0.2, 0.25) is 0 Å². The summed E-state index contributed by atoms with van der Waals surface area (Å²) in [6.07, 6.45) is 0. The first-order valence-electron chi connectivity index (χ1n) is 1.28. The van der Waals surface area contributed by atoms with Crippen molar-refractivity contribution in [1.82, 2.24) is 0 Å². The minimum absolute atomic E-state index is 1.27. The molecule has 0 saturated carbocycles. The summed E-state index contributed by atoms with van der Waals surface area (Å²) in [6.45, 7) is 0. The van der Waals surface area contributed by atoms with E-state index in [0.29, 0.717) is 0 Å². The number of hydrogen-bond donors (Lipinski definition) is 0. The topological polar surface area (TPSA) is 35.5 Å². The standard InChI is InChI=1S/CH3Br2O3P/c1-5-6-7(2,3)4/h1H3. The van der Waals surface area contributed by atoms with Crippen molar-refractivity contribution in [3.8, 4) is 0 Å². The smallest absolute Gasteiger partial charge is 0.265 e. The van der Waals surface area contributed by atoms with Crippen molar-refractivity contribution in [3.05, 3.63) is 0 Å². The summed E-state index contributed by atoms with van der Waals surface area (Å²) in [7, 11) is 1.27. The third kappa shape index (κ3) is 7.11. The van der Waals surface area contributed by atoms with Crippen molar-refractivity contribution in [2.75, 3.05) is 7.11 Å². The second kappa shape index (κ2) is 3.20. The molecule has 0 atom stereocenters. The van der Waals surface area contributed by atoms with E-state index in [1.165, 1.54) is 7.11 Å². The molecule has 0 bridgehead atoms. The largest absolute Gasteiger partial charge is 0.355 e. The fraction of sp³-hybridized carbons (Fsp3) is 1.00. The second-order valence-corrected chi connectivity index (χ2v) is 10.1. The van der Waals surface area contributed by atoms with Gasteiger partial charge in [0.1, 0.15) is 0 Å². The van der Waals surface area contributed by atoms with E-state index in [4.69, 9.17) is 0 Å². The molecule has 0 unspecified atom stereocenters. The molecule has 0 rings (SSSR count). The summed E-state index contributed by atoms with van der Waals surface area (Å²) in [5.74, 6) is 0. The van der Waals surface area contributed by atoms with E-state index >= 15 is 0 Å². The minimum atomic E-state index is -2.76. The van der Waals surface area contributed by atoms with Gasteiger partial charge in [-0.15, -0.1) is 0 Å². The molecule has 0 aliphatic carbocycles. The average molecular weight is 254 g/mol. The van der Waals surface area contributed by atoms with Crippen LogP contribution < -0.4 is 0 Å². The van der Waals surface area contributed by atoms with Crippen molar-refractivity contribution in [2.45, 2.75) is 0 Å². The molecule has 0 radical (unpaired) electrons. The van der Waals surface area contributed by atoms with Crippen molar-refractivity contribution < 1.29 is 14.1 Å². The Morgan fingerprint density at radius 2 is 2.00 bits per heavy atom. The average Bonchev–Trinajstić information content (AvgIpc) is 1.30. The van der Waals surface area contributed by atoms with Gasteiger partial charge in [-0.05, 0) is 0 Å². The van der Waals surface area contributed by atoms with E-state index in [2.05, 4.69) is 40.5 Å². The Balaban J connectivity index is 3.36. The molecule has 0 aliphatic rings. The lowest BCUT2D eigenvalue weighted by atomic mass is 11.8. The summed E-state index contributed by atoms with van der Waals surface area (Å²) < 4.78 is 11.7. The molecule has 0 aromatic rings. The second-order valence-electron chi connectivity index (χ2n) is 0.656. The number of rotatable bonds is 2. The Morgan fingerprint density at radius 3 is 2.00 bits per heavy atom. The quantitative estimate of drug-likeness (QED) is 0.431. The molecule has 0 aromatic heterocycles. The molecule has 0 fully saturated rings. The van der Waals surface area contributed by atoms with Gasteiger partial charge in [0, 0.05) is 31.0 Å². The van der Waals surface area contributed by atoms with Gasteiger partial charge >= 0.3 is 4.77 Å². The first-order chi connectivity index (χ1) is 3.06. The highest BCUT2D eigenvalue weighted by atomic mass is 79.9. The van der Waals surface area contributed by atoms with E-state index in [1.807, 2.05) is 0 Å². The fourth-order valence-corrected chi connectivity index (χ4v) is 0.970. The maximum absolute atomic E-state index is 10.3. The predicted octanol–water partition coefficient (Wildman–Crippen LogP) is 2.46. The van der Waals surface area contributed by atoms with Gasteiger partial charge in [0.2, 0.25) is 0 Å². The van der Waals surface area contributed by atoms with E-state index < -0.39 is 4.77 Å². The summed E-state index contributed by atoms with van der Waals surface area (Å²) in [5.41, 5.74) is 0. The van der Waals surface area contributed by atoms with Gasteiger partial charge in [-0.2, -0.15) is 4.67 Å². The van der Waals surface area contributed by atoms with Crippen LogP contribution >= 0.6 is 35.8 Å². The van der Waals surface area contributed by atoms with Crippen LogP contribution in [0.15, 0.2) is 0 Å². The van der Waals surface area contributed by atoms with Crippen LogP contribution in [0.4, 0.5) is 0 Å². The molecule has 0 aromatic carbocycles. The zero-order valence-corrected chi connectivity index (χ0v) is 7.49. The first-order valence-corrected chi connectivity index (χ1v) is 6.94. The molecular formula is CH3Br2O3P. The molecule has 3 nitrogen and oxygen atoms in total. The van der Waals surface area contributed by atoms with Crippen molar-refractivity contribution in [3.63, 3.8) is 0 Å². The van der Waals surface area contributed by atoms with Gasteiger partial charge in [-0.1, -0.05) is 0 Å². The van der Waals surface area contributed by atoms with Gasteiger partial charge in [-0.25, -0.2) is 4.89 Å². The lowest BCUT2D eigenvalue weighted by Gasteiger charge is -1.96. The Bertz CT molecular complexity index is 86.9. The fourth-order valence-electron chi connectivity index (χ4n) is 0.0868. The van der Waals surface area contributed by atoms with Gasteiger partial charge in [0.05, 0.1) is 7.11 Å². The predicted molar refractivity (Wildman–Crippen MR) is 33.6 cm³/mol. The van der Waals surface area contributed by atoms with Crippen molar-refractivity contribution in [2.24, 2.45) is 0 Å². The first kappa shape index (κ1) is 8.11.